The van der Waals surface area contributed by atoms with Crippen molar-refractivity contribution in [2.45, 2.75) is 11.3 Å². The van der Waals surface area contributed by atoms with Crippen LogP contribution in [0.4, 0.5) is 0 Å². The van der Waals surface area contributed by atoms with Crippen molar-refractivity contribution in [2.75, 3.05) is 19.5 Å². The molecular weight excluding hydrogens is 340 g/mol. The molecule has 4 rings (SSSR count). The van der Waals surface area contributed by atoms with Crippen molar-refractivity contribution in [1.29, 1.82) is 0 Å². The van der Waals surface area contributed by atoms with Crippen molar-refractivity contribution < 1.29 is 18.6 Å². The minimum absolute atomic E-state index is 0.0590. The average molecular weight is 356 g/mol. The van der Waals surface area contributed by atoms with E-state index in [1.165, 1.54) is 11.8 Å². The highest BCUT2D eigenvalue weighted by Gasteiger charge is 2.22. The second-order valence-corrected chi connectivity index (χ2v) is 6.38. The Hall–Kier alpha value is -2.67. The van der Waals surface area contributed by atoms with E-state index in [0.29, 0.717) is 23.5 Å². The van der Waals surface area contributed by atoms with E-state index in [1.54, 1.807) is 7.11 Å². The van der Waals surface area contributed by atoms with Gasteiger partial charge in [0, 0.05) is 11.3 Å². The zero-order valence-corrected chi connectivity index (χ0v) is 14.4. The standard InChI is InChI=1S/C18H16N2O4S/c1-21-13-8-6-12(7-9-13)17-19-20-18(24-17)25-11-14-10-22-15-4-2-3-5-16(15)23-14/h2-9,14H,10-11H2,1H3. The Morgan fingerprint density at radius 1 is 1.08 bits per heavy atom. The third-order valence-corrected chi connectivity index (χ3v) is 4.65. The summed E-state index contributed by atoms with van der Waals surface area (Å²) in [6.45, 7) is 0.503. The number of nitrogens with zero attached hydrogens (tertiary/aromatic N) is 2. The van der Waals surface area contributed by atoms with Crippen LogP contribution in [0.1, 0.15) is 0 Å². The molecule has 1 unspecified atom stereocenters. The van der Waals surface area contributed by atoms with Gasteiger partial charge in [0.2, 0.25) is 5.89 Å². The van der Waals surface area contributed by atoms with E-state index in [1.807, 2.05) is 48.5 Å². The molecule has 7 heteroatoms. The van der Waals surface area contributed by atoms with Gasteiger partial charge >= 0.3 is 0 Å². The fraction of sp³-hybridized carbons (Fsp3) is 0.222. The molecule has 1 aromatic heterocycles. The first-order valence-electron chi connectivity index (χ1n) is 7.81. The summed E-state index contributed by atoms with van der Waals surface area (Å²) in [4.78, 5) is 0. The molecule has 0 radical (unpaired) electrons. The fourth-order valence-electron chi connectivity index (χ4n) is 2.43. The van der Waals surface area contributed by atoms with Crippen LogP contribution in [-0.4, -0.2) is 35.8 Å². The molecule has 1 atom stereocenters. The average Bonchev–Trinajstić information content (AvgIpc) is 3.15. The van der Waals surface area contributed by atoms with Crippen LogP contribution >= 0.6 is 11.8 Å². The van der Waals surface area contributed by atoms with Gasteiger partial charge in [0.25, 0.3) is 5.22 Å². The molecule has 0 amide bonds. The van der Waals surface area contributed by atoms with E-state index < -0.39 is 0 Å². The van der Waals surface area contributed by atoms with Crippen LogP contribution in [-0.2, 0) is 0 Å². The van der Waals surface area contributed by atoms with Crippen molar-refractivity contribution in [2.24, 2.45) is 0 Å². The minimum atomic E-state index is -0.0590. The van der Waals surface area contributed by atoms with Crippen LogP contribution in [0.25, 0.3) is 11.5 Å². The number of methoxy groups -OCH3 is 1. The lowest BCUT2D eigenvalue weighted by molar-refractivity contribution is 0.107. The third kappa shape index (κ3) is 3.56. The van der Waals surface area contributed by atoms with Gasteiger partial charge in [0.05, 0.1) is 7.11 Å². The Kier molecular flexibility index (Phi) is 4.47. The Balaban J connectivity index is 1.37. The van der Waals surface area contributed by atoms with Crippen LogP contribution in [0.2, 0.25) is 0 Å². The van der Waals surface area contributed by atoms with Gasteiger partial charge in [-0.25, -0.2) is 0 Å². The number of hydrogen-bond donors (Lipinski definition) is 0. The molecule has 3 aromatic rings. The first kappa shape index (κ1) is 15.8. The summed E-state index contributed by atoms with van der Waals surface area (Å²) in [5.41, 5.74) is 0.853. The molecule has 0 N–H and O–H groups in total. The maximum Gasteiger partial charge on any atom is 0.276 e. The molecule has 0 aliphatic carbocycles. The lowest BCUT2D eigenvalue weighted by atomic mass is 10.2. The molecule has 6 nitrogen and oxygen atoms in total. The number of aromatic nitrogens is 2. The molecule has 2 heterocycles. The van der Waals surface area contributed by atoms with E-state index in [9.17, 15) is 0 Å². The third-order valence-electron chi connectivity index (χ3n) is 3.70. The molecule has 0 spiro atoms. The van der Waals surface area contributed by atoms with Gasteiger partial charge in [-0.15, -0.1) is 10.2 Å². The van der Waals surface area contributed by atoms with Crippen molar-refractivity contribution >= 4 is 11.8 Å². The van der Waals surface area contributed by atoms with Gasteiger partial charge in [0.1, 0.15) is 18.5 Å². The molecule has 0 fully saturated rings. The minimum Gasteiger partial charge on any atom is -0.497 e. The summed E-state index contributed by atoms with van der Waals surface area (Å²) in [5.74, 6) is 3.48. The summed E-state index contributed by atoms with van der Waals surface area (Å²) in [6, 6.07) is 15.1. The first-order valence-corrected chi connectivity index (χ1v) is 8.79. The zero-order valence-electron chi connectivity index (χ0n) is 13.5. The lowest BCUT2D eigenvalue weighted by Crippen LogP contribution is -2.31. The summed E-state index contributed by atoms with van der Waals surface area (Å²) in [5, 5.41) is 8.68. The Labute approximate surface area is 149 Å². The highest BCUT2D eigenvalue weighted by Crippen LogP contribution is 2.32. The van der Waals surface area contributed by atoms with Gasteiger partial charge in [-0.1, -0.05) is 23.9 Å². The molecule has 1 aliphatic heterocycles. The summed E-state index contributed by atoms with van der Waals surface area (Å²) in [7, 11) is 1.63. The molecule has 0 bridgehead atoms. The largest absolute Gasteiger partial charge is 0.497 e. The maximum absolute atomic E-state index is 5.92. The van der Waals surface area contributed by atoms with Crippen LogP contribution in [0, 0.1) is 0 Å². The summed E-state index contributed by atoms with van der Waals surface area (Å²) in [6.07, 6.45) is -0.0590. The highest BCUT2D eigenvalue weighted by molar-refractivity contribution is 7.99. The first-order chi connectivity index (χ1) is 12.3. The number of ether oxygens (including phenoxy) is 3. The van der Waals surface area contributed by atoms with Gasteiger partial charge < -0.3 is 18.6 Å². The molecular formula is C18H16N2O4S. The van der Waals surface area contributed by atoms with Crippen LogP contribution in [0.5, 0.6) is 17.2 Å². The van der Waals surface area contributed by atoms with E-state index in [-0.39, 0.29) is 6.10 Å². The van der Waals surface area contributed by atoms with E-state index in [2.05, 4.69) is 10.2 Å². The van der Waals surface area contributed by atoms with Crippen LogP contribution in [0.15, 0.2) is 58.2 Å². The van der Waals surface area contributed by atoms with Crippen molar-refractivity contribution in [3.8, 4) is 28.7 Å². The Morgan fingerprint density at radius 2 is 1.88 bits per heavy atom. The van der Waals surface area contributed by atoms with E-state index >= 15 is 0 Å². The zero-order chi connectivity index (χ0) is 17.1. The summed E-state index contributed by atoms with van der Waals surface area (Å²) < 4.78 is 22.5. The van der Waals surface area contributed by atoms with Crippen molar-refractivity contribution in [3.05, 3.63) is 48.5 Å². The summed E-state index contributed by atoms with van der Waals surface area (Å²) >= 11 is 1.45. The predicted molar refractivity (Wildman–Crippen MR) is 93.4 cm³/mol. The van der Waals surface area contributed by atoms with Crippen LogP contribution in [0.3, 0.4) is 0 Å². The van der Waals surface area contributed by atoms with Gasteiger partial charge in [-0.3, -0.25) is 0 Å². The van der Waals surface area contributed by atoms with E-state index in [4.69, 9.17) is 18.6 Å². The fourth-order valence-corrected chi connectivity index (χ4v) is 3.16. The SMILES string of the molecule is COc1ccc(-c2nnc(SCC3COc4ccccc4O3)o2)cc1. The Morgan fingerprint density at radius 3 is 2.68 bits per heavy atom. The van der Waals surface area contributed by atoms with Crippen molar-refractivity contribution in [1.82, 2.24) is 10.2 Å². The molecule has 1 aliphatic rings. The maximum atomic E-state index is 5.92. The van der Waals surface area contributed by atoms with Crippen LogP contribution < -0.4 is 14.2 Å². The van der Waals surface area contributed by atoms with Crippen molar-refractivity contribution in [3.63, 3.8) is 0 Å². The lowest BCUT2D eigenvalue weighted by Gasteiger charge is -2.25. The second kappa shape index (κ2) is 7.06. The normalized spacial score (nSPS) is 15.8. The van der Waals surface area contributed by atoms with Gasteiger partial charge in [0.15, 0.2) is 11.5 Å². The quantitative estimate of drug-likeness (QED) is 0.646. The Bertz CT molecular complexity index is 850. The van der Waals surface area contributed by atoms with E-state index in [0.717, 1.165) is 22.8 Å². The number of thioether (sulfide) groups is 1. The molecule has 128 valence electrons. The predicted octanol–water partition coefficient (Wildman–Crippen LogP) is 3.68. The molecule has 0 saturated carbocycles. The number of fused-ring (bicyclic) bond motifs is 1. The number of rotatable bonds is 5. The second-order valence-electron chi connectivity index (χ2n) is 5.41. The monoisotopic (exact) mass is 356 g/mol. The van der Waals surface area contributed by atoms with Gasteiger partial charge in [-0.05, 0) is 36.4 Å². The highest BCUT2D eigenvalue weighted by atomic mass is 32.2. The number of para-hydroxylation sites is 2. The number of benzene rings is 2. The number of hydrogen-bond acceptors (Lipinski definition) is 7. The molecule has 25 heavy (non-hydrogen) atoms. The molecule has 0 saturated heterocycles. The topological polar surface area (TPSA) is 66.6 Å². The smallest absolute Gasteiger partial charge is 0.276 e. The molecule has 2 aromatic carbocycles. The van der Waals surface area contributed by atoms with Gasteiger partial charge in [-0.2, -0.15) is 0 Å².